The number of carbonyl (C=O) groups excluding carboxylic acids is 2. The van der Waals surface area contributed by atoms with Crippen LogP contribution in [-0.4, -0.2) is 28.3 Å². The van der Waals surface area contributed by atoms with Gasteiger partial charge in [0.25, 0.3) is 5.91 Å². The van der Waals surface area contributed by atoms with Crippen LogP contribution >= 0.6 is 11.6 Å². The smallest absolute Gasteiger partial charge is 0.255 e. The molecule has 3 N–H and O–H groups in total. The average molecular weight is 438 g/mol. The molecular weight excluding hydrogens is 421 g/mol. The van der Waals surface area contributed by atoms with Gasteiger partial charge in [-0.15, -0.1) is 0 Å². The molecule has 0 spiro atoms. The largest absolute Gasteiger partial charge is 0.356 e. The van der Waals surface area contributed by atoms with Crippen molar-refractivity contribution < 1.29 is 14.0 Å². The van der Waals surface area contributed by atoms with Crippen LogP contribution in [0.2, 0.25) is 5.02 Å². The van der Waals surface area contributed by atoms with E-state index >= 15 is 0 Å². The summed E-state index contributed by atoms with van der Waals surface area (Å²) in [6.07, 6.45) is 2.38. The number of anilines is 2. The van der Waals surface area contributed by atoms with Crippen molar-refractivity contribution in [3.05, 3.63) is 70.3 Å². The van der Waals surface area contributed by atoms with Gasteiger partial charge in [0.1, 0.15) is 11.6 Å². The number of amides is 2. The predicted octanol–water partition coefficient (Wildman–Crippen LogP) is 3.53. The SMILES string of the molecule is O=C1NCc2nc(-c3c(F)cccc3Cl)cc(Nc3ccc([C@@H]4CCNC4=O)cn3)c21. The zero-order valence-electron chi connectivity index (χ0n) is 16.2. The van der Waals surface area contributed by atoms with E-state index in [-0.39, 0.29) is 34.9 Å². The van der Waals surface area contributed by atoms with E-state index in [1.54, 1.807) is 24.4 Å². The van der Waals surface area contributed by atoms with E-state index in [2.05, 4.69) is 25.9 Å². The number of nitrogens with zero attached hydrogens (tertiary/aromatic N) is 2. The molecule has 2 aliphatic rings. The number of hydrogen-bond acceptors (Lipinski definition) is 5. The number of pyridine rings is 2. The molecule has 0 bridgehead atoms. The number of carbonyl (C=O) groups is 2. The van der Waals surface area contributed by atoms with Crippen LogP contribution in [0.25, 0.3) is 11.3 Å². The van der Waals surface area contributed by atoms with Crippen molar-refractivity contribution in [1.82, 2.24) is 20.6 Å². The fraction of sp³-hybridized carbons (Fsp3) is 0.182. The zero-order chi connectivity index (χ0) is 21.5. The molecule has 1 fully saturated rings. The van der Waals surface area contributed by atoms with E-state index < -0.39 is 5.82 Å². The summed E-state index contributed by atoms with van der Waals surface area (Å²) in [7, 11) is 0. The minimum Gasteiger partial charge on any atom is -0.356 e. The third kappa shape index (κ3) is 3.48. The molecule has 7 nitrogen and oxygen atoms in total. The van der Waals surface area contributed by atoms with Crippen LogP contribution < -0.4 is 16.0 Å². The van der Waals surface area contributed by atoms with Gasteiger partial charge in [0.15, 0.2) is 0 Å². The minimum absolute atomic E-state index is 0.00228. The summed E-state index contributed by atoms with van der Waals surface area (Å²) in [5, 5.41) is 8.91. The highest BCUT2D eigenvalue weighted by Gasteiger charge is 2.28. The van der Waals surface area contributed by atoms with Crippen LogP contribution in [0.5, 0.6) is 0 Å². The van der Waals surface area contributed by atoms with Gasteiger partial charge in [0.2, 0.25) is 5.91 Å². The van der Waals surface area contributed by atoms with Crippen LogP contribution in [0.1, 0.15) is 34.0 Å². The molecule has 0 saturated carbocycles. The predicted molar refractivity (Wildman–Crippen MR) is 114 cm³/mol. The Morgan fingerprint density at radius 3 is 2.71 bits per heavy atom. The van der Waals surface area contributed by atoms with Crippen molar-refractivity contribution >= 4 is 34.9 Å². The number of fused-ring (bicyclic) bond motifs is 1. The molecule has 0 unspecified atom stereocenters. The van der Waals surface area contributed by atoms with E-state index in [9.17, 15) is 14.0 Å². The van der Waals surface area contributed by atoms with Crippen molar-refractivity contribution in [2.75, 3.05) is 11.9 Å². The second-order valence-corrected chi connectivity index (χ2v) is 7.80. The third-order valence-electron chi connectivity index (χ3n) is 5.46. The highest BCUT2D eigenvalue weighted by Crippen LogP contribution is 2.35. The van der Waals surface area contributed by atoms with Crippen molar-refractivity contribution in [1.29, 1.82) is 0 Å². The van der Waals surface area contributed by atoms with Crippen LogP contribution in [0.3, 0.4) is 0 Å². The molecule has 1 atom stereocenters. The summed E-state index contributed by atoms with van der Waals surface area (Å²) in [5.74, 6) is -0.485. The minimum atomic E-state index is -0.500. The van der Waals surface area contributed by atoms with Gasteiger partial charge in [-0.3, -0.25) is 9.59 Å². The van der Waals surface area contributed by atoms with E-state index in [0.717, 1.165) is 12.0 Å². The second kappa shape index (κ2) is 7.63. The summed E-state index contributed by atoms with van der Waals surface area (Å²) >= 11 is 6.22. The first-order valence-corrected chi connectivity index (χ1v) is 10.2. The van der Waals surface area contributed by atoms with Gasteiger partial charge in [-0.25, -0.2) is 14.4 Å². The zero-order valence-corrected chi connectivity index (χ0v) is 17.0. The molecule has 31 heavy (non-hydrogen) atoms. The van der Waals surface area contributed by atoms with Gasteiger partial charge < -0.3 is 16.0 Å². The lowest BCUT2D eigenvalue weighted by Crippen LogP contribution is -2.18. The van der Waals surface area contributed by atoms with Crippen molar-refractivity contribution in [3.63, 3.8) is 0 Å². The molecule has 2 aliphatic heterocycles. The van der Waals surface area contributed by atoms with Crippen LogP contribution in [-0.2, 0) is 11.3 Å². The summed E-state index contributed by atoms with van der Waals surface area (Å²) < 4.78 is 14.5. The molecule has 1 aromatic carbocycles. The number of hydrogen-bond donors (Lipinski definition) is 3. The highest BCUT2D eigenvalue weighted by molar-refractivity contribution is 6.33. The Bertz CT molecular complexity index is 1200. The Hall–Kier alpha value is -3.52. The fourth-order valence-corrected chi connectivity index (χ4v) is 4.20. The molecule has 2 aromatic heterocycles. The van der Waals surface area contributed by atoms with Crippen molar-refractivity contribution in [3.8, 4) is 11.3 Å². The number of aromatic nitrogens is 2. The van der Waals surface area contributed by atoms with Crippen LogP contribution in [0, 0.1) is 5.82 Å². The van der Waals surface area contributed by atoms with Gasteiger partial charge in [-0.2, -0.15) is 0 Å². The molecule has 2 amide bonds. The van der Waals surface area contributed by atoms with E-state index in [1.807, 2.05) is 6.07 Å². The molecule has 156 valence electrons. The molecule has 5 rings (SSSR count). The monoisotopic (exact) mass is 437 g/mol. The topological polar surface area (TPSA) is 96.0 Å². The molecule has 0 radical (unpaired) electrons. The summed E-state index contributed by atoms with van der Waals surface area (Å²) in [5.41, 5.74) is 2.66. The van der Waals surface area contributed by atoms with Crippen LogP contribution in [0.15, 0.2) is 42.6 Å². The lowest BCUT2D eigenvalue weighted by Gasteiger charge is -2.14. The van der Waals surface area contributed by atoms with Gasteiger partial charge >= 0.3 is 0 Å². The van der Waals surface area contributed by atoms with Gasteiger partial charge in [-0.1, -0.05) is 23.7 Å². The van der Waals surface area contributed by atoms with Gasteiger partial charge in [-0.05, 0) is 36.2 Å². The Morgan fingerprint density at radius 2 is 2.00 bits per heavy atom. The maximum Gasteiger partial charge on any atom is 0.255 e. The number of benzene rings is 1. The average Bonchev–Trinajstić information content (AvgIpc) is 3.34. The van der Waals surface area contributed by atoms with Gasteiger partial charge in [0, 0.05) is 12.7 Å². The van der Waals surface area contributed by atoms with Gasteiger partial charge in [0.05, 0.1) is 45.7 Å². The fourth-order valence-electron chi connectivity index (χ4n) is 3.94. The molecule has 0 aliphatic carbocycles. The Labute approximate surface area is 182 Å². The molecular formula is C22H17ClFN5O2. The molecule has 3 aromatic rings. The number of halogens is 2. The summed E-state index contributed by atoms with van der Waals surface area (Å²) in [6, 6.07) is 9.59. The number of nitrogens with one attached hydrogen (secondary N) is 3. The highest BCUT2D eigenvalue weighted by atomic mass is 35.5. The van der Waals surface area contributed by atoms with Crippen molar-refractivity contribution in [2.45, 2.75) is 18.9 Å². The molecule has 1 saturated heterocycles. The van der Waals surface area contributed by atoms with Crippen molar-refractivity contribution in [2.24, 2.45) is 0 Å². The molecule has 4 heterocycles. The molecule has 9 heteroatoms. The summed E-state index contributed by atoms with van der Waals surface area (Å²) in [6.45, 7) is 0.898. The third-order valence-corrected chi connectivity index (χ3v) is 5.77. The number of rotatable bonds is 4. The lowest BCUT2D eigenvalue weighted by molar-refractivity contribution is -0.120. The maximum absolute atomic E-state index is 14.5. The quantitative estimate of drug-likeness (QED) is 0.580. The Kier molecular flexibility index (Phi) is 4.78. The first kappa shape index (κ1) is 19.4. The first-order valence-electron chi connectivity index (χ1n) is 9.78. The van der Waals surface area contributed by atoms with E-state index in [1.165, 1.54) is 12.1 Å². The maximum atomic E-state index is 14.5. The van der Waals surface area contributed by atoms with E-state index in [0.29, 0.717) is 35.0 Å². The summed E-state index contributed by atoms with van der Waals surface area (Å²) in [4.78, 5) is 33.1. The van der Waals surface area contributed by atoms with Crippen LogP contribution in [0.4, 0.5) is 15.9 Å². The van der Waals surface area contributed by atoms with E-state index in [4.69, 9.17) is 11.6 Å². The lowest BCUT2D eigenvalue weighted by atomic mass is 10.00. The standard InChI is InChI=1S/C22H17ClFN5O2/c23-13-2-1-3-14(24)19(13)15-8-16(20-17(28-15)10-27-22(20)31)29-18-5-4-11(9-26-18)12-6-7-25-21(12)30/h1-5,8-9,12H,6-7,10H2,(H,25,30)(H,27,31)(H,26,28,29)/t12-/m0/s1. The first-order chi connectivity index (χ1) is 15.0. The normalized spacial score (nSPS) is 17.3. The second-order valence-electron chi connectivity index (χ2n) is 7.39. The Balaban J connectivity index is 1.52. The Morgan fingerprint density at radius 1 is 1.13 bits per heavy atom.